The summed E-state index contributed by atoms with van der Waals surface area (Å²) in [4.78, 5) is 11.1. The molecule has 0 aromatic rings. The quantitative estimate of drug-likeness (QED) is 0.686. The topological polar surface area (TPSA) is 41.1 Å². The van der Waals surface area contributed by atoms with Gasteiger partial charge in [-0.25, -0.2) is 0 Å². The predicted molar refractivity (Wildman–Crippen MR) is 50.0 cm³/mol. The first kappa shape index (κ1) is 13.8. The molecule has 2 N–H and O–H groups in total. The molecule has 0 aromatic carbocycles. The molecular formula is C9H13F3N2O. The second kappa shape index (κ2) is 5.03. The standard InChI is InChI=1S/C9H13F3N2O/c1-4-8(2,3)14-7(15)5-13-6-9(10,11)12/h1,13H,5-6H2,2-3H3,(H,14,15). The zero-order valence-electron chi connectivity index (χ0n) is 8.53. The van der Waals surface area contributed by atoms with Gasteiger partial charge in [0.05, 0.1) is 18.6 Å². The fourth-order valence-corrected chi connectivity index (χ4v) is 0.747. The van der Waals surface area contributed by atoms with Crippen LogP contribution in [0.4, 0.5) is 13.2 Å². The molecule has 0 aliphatic heterocycles. The van der Waals surface area contributed by atoms with E-state index in [-0.39, 0.29) is 0 Å². The summed E-state index contributed by atoms with van der Waals surface area (Å²) in [5.41, 5.74) is -0.850. The highest BCUT2D eigenvalue weighted by molar-refractivity contribution is 5.79. The number of terminal acetylenes is 1. The van der Waals surface area contributed by atoms with Gasteiger partial charge in [0.15, 0.2) is 0 Å². The summed E-state index contributed by atoms with van der Waals surface area (Å²) < 4.78 is 35.1. The molecule has 0 aromatic heterocycles. The van der Waals surface area contributed by atoms with E-state index < -0.39 is 30.7 Å². The molecule has 15 heavy (non-hydrogen) atoms. The highest BCUT2D eigenvalue weighted by atomic mass is 19.4. The second-order valence-corrected chi connectivity index (χ2v) is 3.54. The van der Waals surface area contributed by atoms with Gasteiger partial charge < -0.3 is 10.6 Å². The smallest absolute Gasteiger partial charge is 0.339 e. The van der Waals surface area contributed by atoms with Crippen molar-refractivity contribution >= 4 is 5.91 Å². The Labute approximate surface area is 86.4 Å². The predicted octanol–water partition coefficient (Wildman–Crippen LogP) is 0.666. The van der Waals surface area contributed by atoms with Gasteiger partial charge in [-0.3, -0.25) is 4.79 Å². The van der Waals surface area contributed by atoms with Gasteiger partial charge in [-0.1, -0.05) is 5.92 Å². The third-order valence-corrected chi connectivity index (χ3v) is 1.42. The third kappa shape index (κ3) is 7.82. The molecule has 1 amide bonds. The van der Waals surface area contributed by atoms with E-state index in [0.29, 0.717) is 0 Å². The highest BCUT2D eigenvalue weighted by Gasteiger charge is 2.26. The Balaban J connectivity index is 3.83. The van der Waals surface area contributed by atoms with Crippen LogP contribution < -0.4 is 10.6 Å². The van der Waals surface area contributed by atoms with Crippen LogP contribution >= 0.6 is 0 Å². The summed E-state index contributed by atoms with van der Waals surface area (Å²) in [6.45, 7) is 1.55. The van der Waals surface area contributed by atoms with Crippen LogP contribution in [-0.2, 0) is 4.79 Å². The molecule has 0 fully saturated rings. The molecule has 0 bridgehead atoms. The van der Waals surface area contributed by atoms with E-state index in [1.807, 2.05) is 5.32 Å². The van der Waals surface area contributed by atoms with Crippen molar-refractivity contribution in [3.8, 4) is 12.3 Å². The summed E-state index contributed by atoms with van der Waals surface area (Å²) in [7, 11) is 0. The van der Waals surface area contributed by atoms with Crippen LogP contribution in [0, 0.1) is 12.3 Å². The van der Waals surface area contributed by atoms with Crippen LogP contribution in [0.3, 0.4) is 0 Å². The van der Waals surface area contributed by atoms with E-state index in [4.69, 9.17) is 6.42 Å². The van der Waals surface area contributed by atoms with Crippen LogP contribution in [0.25, 0.3) is 0 Å². The van der Waals surface area contributed by atoms with Gasteiger partial charge in [-0.05, 0) is 13.8 Å². The fourth-order valence-electron chi connectivity index (χ4n) is 0.747. The Morgan fingerprint density at radius 1 is 1.40 bits per heavy atom. The number of carbonyl (C=O) groups excluding carboxylic acids is 1. The first-order chi connectivity index (χ1) is 6.66. The maximum absolute atomic E-state index is 11.7. The number of hydrogen-bond donors (Lipinski definition) is 2. The summed E-state index contributed by atoms with van der Waals surface area (Å²) in [5.74, 6) is 1.73. The second-order valence-electron chi connectivity index (χ2n) is 3.54. The number of halogens is 3. The average molecular weight is 222 g/mol. The molecule has 86 valence electrons. The van der Waals surface area contributed by atoms with Crippen molar-refractivity contribution in [2.75, 3.05) is 13.1 Å². The van der Waals surface area contributed by atoms with Crippen LogP contribution in [-0.4, -0.2) is 30.7 Å². The summed E-state index contributed by atoms with van der Waals surface area (Å²) in [6.07, 6.45) is 0.770. The molecule has 0 radical (unpaired) electrons. The van der Waals surface area contributed by atoms with Crippen LogP contribution in [0.5, 0.6) is 0 Å². The molecule has 0 saturated carbocycles. The fraction of sp³-hybridized carbons (Fsp3) is 0.667. The molecule has 0 heterocycles. The van der Waals surface area contributed by atoms with Gasteiger partial charge in [0.2, 0.25) is 5.91 Å². The van der Waals surface area contributed by atoms with E-state index in [0.717, 1.165) is 0 Å². The summed E-state index contributed by atoms with van der Waals surface area (Å²) in [6, 6.07) is 0. The lowest BCUT2D eigenvalue weighted by Gasteiger charge is -2.19. The normalized spacial score (nSPS) is 12.0. The zero-order chi connectivity index (χ0) is 12.1. The average Bonchev–Trinajstić information content (AvgIpc) is 2.00. The maximum Gasteiger partial charge on any atom is 0.401 e. The van der Waals surface area contributed by atoms with E-state index in [9.17, 15) is 18.0 Å². The number of rotatable bonds is 4. The van der Waals surface area contributed by atoms with E-state index in [1.54, 1.807) is 13.8 Å². The molecule has 6 heteroatoms. The molecule has 0 rings (SSSR count). The Kier molecular flexibility index (Phi) is 4.62. The van der Waals surface area contributed by atoms with Gasteiger partial charge in [-0.2, -0.15) is 13.2 Å². The Hall–Kier alpha value is -1.22. The minimum atomic E-state index is -4.32. The highest BCUT2D eigenvalue weighted by Crippen LogP contribution is 2.11. The van der Waals surface area contributed by atoms with Gasteiger partial charge >= 0.3 is 6.18 Å². The summed E-state index contributed by atoms with van der Waals surface area (Å²) >= 11 is 0. The summed E-state index contributed by atoms with van der Waals surface area (Å²) in [5, 5.41) is 4.35. The molecule has 0 unspecified atom stereocenters. The number of amides is 1. The first-order valence-corrected chi connectivity index (χ1v) is 4.22. The largest absolute Gasteiger partial charge is 0.401 e. The number of alkyl halides is 3. The molecule has 0 spiro atoms. The molecule has 3 nitrogen and oxygen atoms in total. The van der Waals surface area contributed by atoms with E-state index in [1.165, 1.54) is 0 Å². The monoisotopic (exact) mass is 222 g/mol. The molecular weight excluding hydrogens is 209 g/mol. The van der Waals surface area contributed by atoms with Crippen molar-refractivity contribution < 1.29 is 18.0 Å². The van der Waals surface area contributed by atoms with Crippen molar-refractivity contribution in [3.63, 3.8) is 0 Å². The number of hydrogen-bond acceptors (Lipinski definition) is 2. The van der Waals surface area contributed by atoms with E-state index >= 15 is 0 Å². The van der Waals surface area contributed by atoms with Gasteiger partial charge in [0.25, 0.3) is 0 Å². The molecule has 0 aliphatic carbocycles. The Morgan fingerprint density at radius 3 is 2.33 bits per heavy atom. The molecule has 0 saturated heterocycles. The molecule has 0 atom stereocenters. The minimum absolute atomic E-state index is 0.412. The lowest BCUT2D eigenvalue weighted by Crippen LogP contribution is -2.47. The van der Waals surface area contributed by atoms with Gasteiger partial charge in [0, 0.05) is 0 Å². The number of nitrogens with one attached hydrogen (secondary N) is 2. The first-order valence-electron chi connectivity index (χ1n) is 4.22. The molecule has 0 aliphatic rings. The zero-order valence-corrected chi connectivity index (χ0v) is 8.53. The minimum Gasteiger partial charge on any atom is -0.339 e. The lowest BCUT2D eigenvalue weighted by molar-refractivity contribution is -0.128. The van der Waals surface area contributed by atoms with Crippen molar-refractivity contribution in [1.82, 2.24) is 10.6 Å². The van der Waals surface area contributed by atoms with Crippen molar-refractivity contribution in [2.24, 2.45) is 0 Å². The van der Waals surface area contributed by atoms with Crippen molar-refractivity contribution in [3.05, 3.63) is 0 Å². The SMILES string of the molecule is C#CC(C)(C)NC(=O)CNCC(F)(F)F. The number of carbonyl (C=O) groups is 1. The third-order valence-electron chi connectivity index (χ3n) is 1.42. The van der Waals surface area contributed by atoms with Gasteiger partial charge in [0.1, 0.15) is 0 Å². The van der Waals surface area contributed by atoms with Crippen LogP contribution in [0.2, 0.25) is 0 Å². The van der Waals surface area contributed by atoms with Gasteiger partial charge in [-0.15, -0.1) is 6.42 Å². The maximum atomic E-state index is 11.7. The van der Waals surface area contributed by atoms with Crippen LogP contribution in [0.1, 0.15) is 13.8 Å². The van der Waals surface area contributed by atoms with Crippen LogP contribution in [0.15, 0.2) is 0 Å². The van der Waals surface area contributed by atoms with E-state index in [2.05, 4.69) is 11.2 Å². The lowest BCUT2D eigenvalue weighted by atomic mass is 10.1. The Morgan fingerprint density at radius 2 is 1.93 bits per heavy atom. The Bertz CT molecular complexity index is 266. The van der Waals surface area contributed by atoms with Crippen molar-refractivity contribution in [2.45, 2.75) is 25.6 Å². The van der Waals surface area contributed by atoms with Crippen molar-refractivity contribution in [1.29, 1.82) is 0 Å².